The van der Waals surface area contributed by atoms with Crippen LogP contribution < -0.4 is 5.32 Å². The van der Waals surface area contributed by atoms with E-state index in [2.05, 4.69) is 10.4 Å². The van der Waals surface area contributed by atoms with Crippen molar-refractivity contribution in [2.75, 3.05) is 5.32 Å². The maximum atomic E-state index is 13.0. The Morgan fingerprint density at radius 1 is 1.00 bits per heavy atom. The average Bonchev–Trinajstić information content (AvgIpc) is 3.34. The van der Waals surface area contributed by atoms with E-state index in [1.165, 1.54) is 0 Å². The van der Waals surface area contributed by atoms with Gasteiger partial charge >= 0.3 is 0 Å². The molecule has 4 nitrogen and oxygen atoms in total. The SMILES string of the molecule is Cc1ccccc1NC(=O)c1cc(-c2cccs2)nn1-c1ccccc1. The van der Waals surface area contributed by atoms with E-state index in [1.807, 2.05) is 85.1 Å². The van der Waals surface area contributed by atoms with Crippen LogP contribution in [0.3, 0.4) is 0 Å². The molecule has 0 aliphatic rings. The van der Waals surface area contributed by atoms with Crippen LogP contribution in [0.4, 0.5) is 5.69 Å². The highest BCUT2D eigenvalue weighted by atomic mass is 32.1. The zero-order valence-electron chi connectivity index (χ0n) is 14.2. The molecule has 0 atom stereocenters. The van der Waals surface area contributed by atoms with Gasteiger partial charge in [-0.25, -0.2) is 4.68 Å². The van der Waals surface area contributed by atoms with Crippen LogP contribution in [0, 0.1) is 6.92 Å². The summed E-state index contributed by atoms with van der Waals surface area (Å²) in [6, 6.07) is 23.3. The maximum Gasteiger partial charge on any atom is 0.274 e. The molecular formula is C21H17N3OS. The molecule has 0 saturated heterocycles. The standard InChI is InChI=1S/C21H17N3OS/c1-15-8-5-6-11-17(15)22-21(25)19-14-18(20-12-7-13-26-20)23-24(19)16-9-3-2-4-10-16/h2-14H,1H3,(H,22,25). The third-order valence-electron chi connectivity index (χ3n) is 4.11. The molecule has 0 spiro atoms. The number of amides is 1. The Morgan fingerprint density at radius 3 is 2.50 bits per heavy atom. The van der Waals surface area contributed by atoms with Crippen molar-refractivity contribution in [3.8, 4) is 16.3 Å². The predicted octanol–water partition coefficient (Wildman–Crippen LogP) is 5.16. The van der Waals surface area contributed by atoms with E-state index in [4.69, 9.17) is 0 Å². The smallest absolute Gasteiger partial charge is 0.274 e. The number of nitrogens with zero attached hydrogens (tertiary/aromatic N) is 2. The van der Waals surface area contributed by atoms with Crippen molar-refractivity contribution in [1.29, 1.82) is 0 Å². The molecule has 0 aliphatic heterocycles. The van der Waals surface area contributed by atoms with Gasteiger partial charge in [-0.3, -0.25) is 4.79 Å². The Bertz CT molecular complexity index is 1040. The Hall–Kier alpha value is -3.18. The number of para-hydroxylation sites is 2. The fraction of sp³-hybridized carbons (Fsp3) is 0.0476. The summed E-state index contributed by atoms with van der Waals surface area (Å²) >= 11 is 1.60. The van der Waals surface area contributed by atoms with E-state index in [0.29, 0.717) is 5.69 Å². The molecule has 0 aliphatic carbocycles. The van der Waals surface area contributed by atoms with Crippen LogP contribution in [0.15, 0.2) is 78.2 Å². The lowest BCUT2D eigenvalue weighted by atomic mass is 10.2. The van der Waals surface area contributed by atoms with E-state index in [0.717, 1.165) is 27.5 Å². The number of aromatic nitrogens is 2. The summed E-state index contributed by atoms with van der Waals surface area (Å²) in [6.45, 7) is 1.97. The van der Waals surface area contributed by atoms with Crippen LogP contribution in [-0.2, 0) is 0 Å². The van der Waals surface area contributed by atoms with E-state index < -0.39 is 0 Å². The highest BCUT2D eigenvalue weighted by Gasteiger charge is 2.18. The predicted molar refractivity (Wildman–Crippen MR) is 106 cm³/mol. The number of hydrogen-bond acceptors (Lipinski definition) is 3. The van der Waals surface area contributed by atoms with Gasteiger partial charge in [-0.1, -0.05) is 42.5 Å². The van der Waals surface area contributed by atoms with Crippen molar-refractivity contribution >= 4 is 22.9 Å². The number of benzene rings is 2. The summed E-state index contributed by atoms with van der Waals surface area (Å²) in [7, 11) is 0. The molecule has 4 rings (SSSR count). The minimum atomic E-state index is -0.182. The Morgan fingerprint density at radius 2 is 1.77 bits per heavy atom. The molecule has 1 amide bonds. The molecule has 1 N–H and O–H groups in total. The third-order valence-corrected chi connectivity index (χ3v) is 5.00. The summed E-state index contributed by atoms with van der Waals surface area (Å²) in [5.41, 5.74) is 3.97. The first-order valence-corrected chi connectivity index (χ1v) is 9.17. The molecule has 2 heterocycles. The molecule has 0 unspecified atom stereocenters. The molecule has 2 aromatic heterocycles. The second-order valence-electron chi connectivity index (χ2n) is 5.91. The molecule has 128 valence electrons. The lowest BCUT2D eigenvalue weighted by Crippen LogP contribution is -2.17. The van der Waals surface area contributed by atoms with Gasteiger partial charge in [0, 0.05) is 5.69 Å². The van der Waals surface area contributed by atoms with Gasteiger partial charge in [0.15, 0.2) is 0 Å². The number of anilines is 1. The number of nitrogens with one attached hydrogen (secondary N) is 1. The first-order chi connectivity index (χ1) is 12.7. The topological polar surface area (TPSA) is 46.9 Å². The highest BCUT2D eigenvalue weighted by molar-refractivity contribution is 7.13. The minimum absolute atomic E-state index is 0.182. The number of carbonyl (C=O) groups is 1. The first kappa shape index (κ1) is 16.3. The third kappa shape index (κ3) is 3.17. The fourth-order valence-corrected chi connectivity index (χ4v) is 3.43. The maximum absolute atomic E-state index is 13.0. The van der Waals surface area contributed by atoms with Crippen LogP contribution in [0.2, 0.25) is 0 Å². The number of thiophene rings is 1. The Balaban J connectivity index is 1.76. The Kier molecular flexibility index (Phi) is 4.37. The van der Waals surface area contributed by atoms with Gasteiger partial charge in [0.2, 0.25) is 0 Å². The van der Waals surface area contributed by atoms with Gasteiger partial charge < -0.3 is 5.32 Å². The molecule has 0 radical (unpaired) electrons. The quantitative estimate of drug-likeness (QED) is 0.547. The summed E-state index contributed by atoms with van der Waals surface area (Å²) in [5, 5.41) is 9.68. The van der Waals surface area contributed by atoms with Crippen molar-refractivity contribution in [1.82, 2.24) is 9.78 Å². The van der Waals surface area contributed by atoms with Crippen molar-refractivity contribution in [2.24, 2.45) is 0 Å². The van der Waals surface area contributed by atoms with E-state index in [1.54, 1.807) is 16.0 Å². The second-order valence-corrected chi connectivity index (χ2v) is 6.86. The van der Waals surface area contributed by atoms with Crippen molar-refractivity contribution < 1.29 is 4.79 Å². The van der Waals surface area contributed by atoms with Crippen LogP contribution in [0.5, 0.6) is 0 Å². The van der Waals surface area contributed by atoms with E-state index in [-0.39, 0.29) is 5.91 Å². The summed E-state index contributed by atoms with van der Waals surface area (Å²) in [6.07, 6.45) is 0. The van der Waals surface area contributed by atoms with Gasteiger partial charge in [0.1, 0.15) is 11.4 Å². The molecule has 0 bridgehead atoms. The first-order valence-electron chi connectivity index (χ1n) is 8.29. The number of aryl methyl sites for hydroxylation is 1. The second kappa shape index (κ2) is 6.98. The number of hydrogen-bond donors (Lipinski definition) is 1. The molecule has 26 heavy (non-hydrogen) atoms. The van der Waals surface area contributed by atoms with Crippen molar-refractivity contribution in [3.05, 3.63) is 89.4 Å². The molecule has 0 fully saturated rings. The van der Waals surface area contributed by atoms with E-state index >= 15 is 0 Å². The fourth-order valence-electron chi connectivity index (χ4n) is 2.75. The zero-order chi connectivity index (χ0) is 17.9. The van der Waals surface area contributed by atoms with Crippen LogP contribution >= 0.6 is 11.3 Å². The van der Waals surface area contributed by atoms with Gasteiger partial charge in [-0.05, 0) is 48.2 Å². The van der Waals surface area contributed by atoms with Crippen molar-refractivity contribution in [3.63, 3.8) is 0 Å². The molecule has 4 aromatic rings. The largest absolute Gasteiger partial charge is 0.320 e. The normalized spacial score (nSPS) is 10.7. The number of carbonyl (C=O) groups excluding carboxylic acids is 1. The highest BCUT2D eigenvalue weighted by Crippen LogP contribution is 2.26. The summed E-state index contributed by atoms with van der Waals surface area (Å²) < 4.78 is 1.70. The summed E-state index contributed by atoms with van der Waals surface area (Å²) in [4.78, 5) is 14.0. The minimum Gasteiger partial charge on any atom is -0.320 e. The lowest BCUT2D eigenvalue weighted by Gasteiger charge is -2.10. The zero-order valence-corrected chi connectivity index (χ0v) is 15.0. The number of rotatable bonds is 4. The Labute approximate surface area is 155 Å². The molecule has 5 heteroatoms. The monoisotopic (exact) mass is 359 g/mol. The van der Waals surface area contributed by atoms with E-state index in [9.17, 15) is 4.79 Å². The van der Waals surface area contributed by atoms with Gasteiger partial charge in [0.25, 0.3) is 5.91 Å². The van der Waals surface area contributed by atoms with Crippen LogP contribution in [0.25, 0.3) is 16.3 Å². The molecule has 2 aromatic carbocycles. The van der Waals surface area contributed by atoms with Crippen molar-refractivity contribution in [2.45, 2.75) is 6.92 Å². The van der Waals surface area contributed by atoms with Crippen LogP contribution in [0.1, 0.15) is 16.1 Å². The van der Waals surface area contributed by atoms with Gasteiger partial charge in [-0.2, -0.15) is 5.10 Å². The summed E-state index contributed by atoms with van der Waals surface area (Å²) in [5.74, 6) is -0.182. The molecule has 0 saturated carbocycles. The van der Waals surface area contributed by atoms with Crippen LogP contribution in [-0.4, -0.2) is 15.7 Å². The van der Waals surface area contributed by atoms with Gasteiger partial charge in [0.05, 0.1) is 10.6 Å². The average molecular weight is 359 g/mol. The lowest BCUT2D eigenvalue weighted by molar-refractivity contribution is 0.101. The molecular weight excluding hydrogens is 342 g/mol. The van der Waals surface area contributed by atoms with Gasteiger partial charge in [-0.15, -0.1) is 11.3 Å².